The van der Waals surface area contributed by atoms with Crippen molar-refractivity contribution in [2.75, 3.05) is 18.5 Å². The van der Waals surface area contributed by atoms with E-state index in [0.717, 1.165) is 36.2 Å². The molecule has 0 aromatic heterocycles. The summed E-state index contributed by atoms with van der Waals surface area (Å²) in [6.45, 7) is 3.84. The topological polar surface area (TPSA) is 100 Å². The van der Waals surface area contributed by atoms with Gasteiger partial charge in [0.25, 0.3) is 11.8 Å². The minimum absolute atomic E-state index is 0.243. The van der Waals surface area contributed by atoms with Gasteiger partial charge in [-0.3, -0.25) is 13.9 Å². The average Bonchev–Trinajstić information content (AvgIpc) is 2.98. The molecule has 0 unspecified atom stereocenters. The monoisotopic (exact) mass is 583 g/mol. The van der Waals surface area contributed by atoms with Gasteiger partial charge >= 0.3 is 0 Å². The fraction of sp³-hybridized carbons (Fsp3) is 0.355. The molecule has 0 aliphatic rings. The first kappa shape index (κ1) is 32.1. The summed E-state index contributed by atoms with van der Waals surface area (Å²) in [5.74, 6) is -1.19. The zero-order chi connectivity index (χ0) is 29.8. The fourth-order valence-corrected chi connectivity index (χ4v) is 4.65. The molecule has 0 aliphatic heterocycles. The van der Waals surface area contributed by atoms with E-state index < -0.39 is 30.0 Å². The van der Waals surface area contributed by atoms with Crippen LogP contribution in [0.2, 0.25) is 0 Å². The van der Waals surface area contributed by atoms with Gasteiger partial charge in [-0.05, 0) is 61.2 Å². The van der Waals surface area contributed by atoms with Gasteiger partial charge < -0.3 is 15.7 Å². The lowest BCUT2D eigenvalue weighted by Gasteiger charge is -2.25. The first-order valence-electron chi connectivity index (χ1n) is 13.6. The number of anilines is 1. The van der Waals surface area contributed by atoms with Gasteiger partial charge in [-0.15, -0.1) is 4.33 Å². The van der Waals surface area contributed by atoms with Gasteiger partial charge in [-0.25, -0.2) is 9.28 Å². The molecule has 10 heteroatoms. The number of amides is 2. The summed E-state index contributed by atoms with van der Waals surface area (Å²) in [4.78, 5) is 31.6. The summed E-state index contributed by atoms with van der Waals surface area (Å²) in [7, 11) is 3.08. The minimum Gasteiger partial charge on any atom is -0.391 e. The molecule has 220 valence electrons. The second-order valence-electron chi connectivity index (χ2n) is 9.80. The van der Waals surface area contributed by atoms with Crippen LogP contribution in [0.25, 0.3) is 0 Å². The molecule has 0 radical (unpaired) electrons. The van der Waals surface area contributed by atoms with Crippen LogP contribution in [0.4, 0.5) is 10.1 Å². The number of nitrogens with zero attached hydrogens (tertiary/aromatic N) is 1. The Kier molecular flexibility index (Phi) is 12.6. The number of unbranched alkanes of at least 4 members (excludes halogenated alkanes) is 1. The van der Waals surface area contributed by atoms with Crippen molar-refractivity contribution in [3.8, 4) is 0 Å². The van der Waals surface area contributed by atoms with Crippen LogP contribution >= 0.6 is 12.2 Å². The highest BCUT2D eigenvalue weighted by Crippen LogP contribution is 2.26. The molecule has 3 rings (SSSR count). The van der Waals surface area contributed by atoms with Crippen molar-refractivity contribution < 1.29 is 28.3 Å². The van der Waals surface area contributed by atoms with Gasteiger partial charge in [0, 0.05) is 18.2 Å². The van der Waals surface area contributed by atoms with Crippen LogP contribution in [0.5, 0.6) is 0 Å². The number of carbonyl (C=O) groups excluding carboxylic acids is 2. The summed E-state index contributed by atoms with van der Waals surface area (Å²) in [5, 5.41) is 16.9. The highest BCUT2D eigenvalue weighted by atomic mass is 32.2. The maximum atomic E-state index is 13.6. The molecule has 41 heavy (non-hydrogen) atoms. The minimum atomic E-state index is -0.741. The predicted octanol–water partition coefficient (Wildman–Crippen LogP) is 5.79. The molecule has 2 amide bonds. The first-order chi connectivity index (χ1) is 19.7. The maximum Gasteiger partial charge on any atom is 0.251 e. The van der Waals surface area contributed by atoms with Crippen molar-refractivity contribution in [1.29, 1.82) is 0 Å². The van der Waals surface area contributed by atoms with E-state index in [1.54, 1.807) is 42.5 Å². The SMILES string of the molecule is CCCC[C@H](O)[C@H](Cc1ccccc1)NC(=O)c1cc(C(=O)N[C@H](C)c2ccc(F)cc2)cc(N(C)SOOC)c1. The molecule has 0 saturated heterocycles. The normalized spacial score (nSPS) is 13.2. The average molecular weight is 584 g/mol. The lowest BCUT2D eigenvalue weighted by atomic mass is 9.97. The fourth-order valence-electron chi connectivity index (χ4n) is 4.31. The van der Waals surface area contributed by atoms with E-state index in [-0.39, 0.29) is 16.9 Å². The van der Waals surface area contributed by atoms with E-state index >= 15 is 0 Å². The summed E-state index contributed by atoms with van der Waals surface area (Å²) >= 11 is 0.884. The number of aliphatic hydroxyl groups excluding tert-OH is 1. The highest BCUT2D eigenvalue weighted by molar-refractivity contribution is 7.95. The molecule has 0 saturated carbocycles. The standard InChI is InChI=1S/C31H38FN3O5S/c1-5-6-12-29(36)28(17-22-10-8-7-9-11-22)34-31(38)25-18-24(19-27(20-25)35(3)41-40-39-4)30(37)33-21(2)23-13-15-26(32)16-14-23/h7-11,13-16,18-21,28-29,36H,5-6,12,17H2,1-4H3,(H,33,37)(H,34,38)/t21-,28+,29+/m1/s1. The van der Waals surface area contributed by atoms with Crippen LogP contribution in [0.3, 0.4) is 0 Å². The molecule has 0 fully saturated rings. The molecule has 0 aliphatic carbocycles. The Bertz CT molecular complexity index is 1260. The van der Waals surface area contributed by atoms with Gasteiger partial charge in [0.2, 0.25) is 0 Å². The van der Waals surface area contributed by atoms with Crippen molar-refractivity contribution >= 4 is 29.7 Å². The third-order valence-electron chi connectivity index (χ3n) is 6.67. The second kappa shape index (κ2) is 16.1. The van der Waals surface area contributed by atoms with E-state index in [9.17, 15) is 19.1 Å². The summed E-state index contributed by atoms with van der Waals surface area (Å²) in [6.07, 6.45) is 2.02. The van der Waals surface area contributed by atoms with Crippen LogP contribution in [0, 0.1) is 5.82 Å². The number of aliphatic hydroxyl groups is 1. The summed E-state index contributed by atoms with van der Waals surface area (Å²) in [5.41, 5.74) is 2.74. The van der Waals surface area contributed by atoms with Crippen molar-refractivity contribution in [2.45, 2.75) is 57.7 Å². The van der Waals surface area contributed by atoms with Crippen LogP contribution < -0.4 is 14.9 Å². The Morgan fingerprint density at radius 3 is 2.24 bits per heavy atom. The van der Waals surface area contributed by atoms with Gasteiger partial charge in [0.05, 0.1) is 31.0 Å². The van der Waals surface area contributed by atoms with E-state index in [2.05, 4.69) is 15.5 Å². The molecule has 0 spiro atoms. The van der Waals surface area contributed by atoms with Gasteiger partial charge in [0.1, 0.15) is 5.82 Å². The Labute approximate surface area is 245 Å². The Morgan fingerprint density at radius 1 is 1.00 bits per heavy atom. The Balaban J connectivity index is 1.88. The van der Waals surface area contributed by atoms with Gasteiger partial charge in [0.15, 0.2) is 12.2 Å². The number of hydrogen-bond donors (Lipinski definition) is 3. The molecule has 0 heterocycles. The third kappa shape index (κ3) is 9.86. The number of nitrogens with one attached hydrogen (secondary N) is 2. The van der Waals surface area contributed by atoms with Crippen LogP contribution in [-0.2, 0) is 15.6 Å². The lowest BCUT2D eigenvalue weighted by molar-refractivity contribution is -0.160. The molecular formula is C31H38FN3O5S. The maximum absolute atomic E-state index is 13.6. The molecule has 3 aromatic carbocycles. The second-order valence-corrected chi connectivity index (χ2v) is 10.6. The third-order valence-corrected chi connectivity index (χ3v) is 7.30. The summed E-state index contributed by atoms with van der Waals surface area (Å²) in [6, 6.07) is 19.4. The van der Waals surface area contributed by atoms with E-state index in [1.165, 1.54) is 25.3 Å². The molecule has 3 aromatic rings. The molecular weight excluding hydrogens is 545 g/mol. The number of rotatable bonds is 15. The number of halogens is 1. The van der Waals surface area contributed by atoms with Gasteiger partial charge in [-0.2, -0.15) is 0 Å². The van der Waals surface area contributed by atoms with Crippen LogP contribution in [-0.4, -0.2) is 43.2 Å². The first-order valence-corrected chi connectivity index (χ1v) is 14.3. The highest BCUT2D eigenvalue weighted by Gasteiger charge is 2.24. The van der Waals surface area contributed by atoms with Crippen molar-refractivity contribution in [3.63, 3.8) is 0 Å². The van der Waals surface area contributed by atoms with Crippen LogP contribution in [0.15, 0.2) is 72.8 Å². The quantitative estimate of drug-likeness (QED) is 0.0902. The van der Waals surface area contributed by atoms with Crippen molar-refractivity contribution in [1.82, 2.24) is 10.6 Å². The number of benzene rings is 3. The van der Waals surface area contributed by atoms with E-state index in [4.69, 9.17) is 4.33 Å². The predicted molar refractivity (Wildman–Crippen MR) is 160 cm³/mol. The van der Waals surface area contributed by atoms with E-state index in [1.807, 2.05) is 37.3 Å². The zero-order valence-corrected chi connectivity index (χ0v) is 24.6. The lowest BCUT2D eigenvalue weighted by Crippen LogP contribution is -2.45. The summed E-state index contributed by atoms with van der Waals surface area (Å²) < 4.78 is 19.9. The smallest absolute Gasteiger partial charge is 0.251 e. The van der Waals surface area contributed by atoms with Gasteiger partial charge in [-0.1, -0.05) is 62.2 Å². The van der Waals surface area contributed by atoms with Crippen LogP contribution in [0.1, 0.15) is 71.0 Å². The molecule has 3 N–H and O–H groups in total. The Hall–Kier alpha value is -3.44. The Morgan fingerprint density at radius 2 is 1.63 bits per heavy atom. The zero-order valence-electron chi connectivity index (χ0n) is 23.8. The number of hydrogen-bond acceptors (Lipinski definition) is 7. The van der Waals surface area contributed by atoms with Crippen molar-refractivity contribution in [2.24, 2.45) is 0 Å². The molecule has 0 bridgehead atoms. The van der Waals surface area contributed by atoms with Crippen molar-refractivity contribution in [3.05, 3.63) is 101 Å². The number of carbonyl (C=O) groups is 2. The molecule has 3 atom stereocenters. The largest absolute Gasteiger partial charge is 0.391 e. The van der Waals surface area contributed by atoms with E-state index in [0.29, 0.717) is 18.5 Å². The molecule has 8 nitrogen and oxygen atoms in total.